The van der Waals surface area contributed by atoms with Crippen LogP contribution in [-0.4, -0.2) is 0 Å². The van der Waals surface area contributed by atoms with Crippen LogP contribution in [0.15, 0.2) is 30.3 Å². The largest absolute Gasteiger partial charge is 0.205 e. The first-order valence-electron chi connectivity index (χ1n) is 4.06. The lowest BCUT2D eigenvalue weighted by Crippen LogP contribution is -1.60. The quantitative estimate of drug-likeness (QED) is 0.579. The van der Waals surface area contributed by atoms with Crippen molar-refractivity contribution in [2.45, 2.75) is 13.8 Å². The highest BCUT2D eigenvalue weighted by molar-refractivity contribution is 7.15. The van der Waals surface area contributed by atoms with Crippen LogP contribution >= 0.6 is 11.3 Å². The van der Waals surface area contributed by atoms with Gasteiger partial charge in [0.1, 0.15) is 0 Å². The van der Waals surface area contributed by atoms with Crippen LogP contribution in [0.5, 0.6) is 0 Å². The molecule has 0 aliphatic heterocycles. The van der Waals surface area contributed by atoms with Gasteiger partial charge in [-0.05, 0) is 17.9 Å². The fourth-order valence-corrected chi connectivity index (χ4v) is 2.17. The van der Waals surface area contributed by atoms with Crippen LogP contribution in [0.3, 0.4) is 0 Å². The second kappa shape index (κ2) is 2.83. The van der Waals surface area contributed by atoms with Crippen LogP contribution in [-0.2, 0) is 0 Å². The Balaban J connectivity index is 2.43. The number of aryl methyl sites for hydroxylation is 2. The molecule has 0 spiro atoms. The van der Waals surface area contributed by atoms with Crippen LogP contribution < -0.4 is 0 Å². The third kappa shape index (κ3) is 1.32. The van der Waals surface area contributed by atoms with Crippen LogP contribution in [0.25, 0.3) is 10.4 Å². The molecule has 0 saturated heterocycles. The topological polar surface area (TPSA) is 0 Å². The molecule has 1 aromatic carbocycles. The Kier molecular flexibility index (Phi) is 1.81. The van der Waals surface area contributed by atoms with Crippen molar-refractivity contribution in [1.82, 2.24) is 0 Å². The minimum atomic E-state index is 1.34. The molecule has 1 aromatic heterocycles. The van der Waals surface area contributed by atoms with Crippen LogP contribution in [0, 0.1) is 13.8 Å². The van der Waals surface area contributed by atoms with E-state index in [0.717, 1.165) is 0 Å². The summed E-state index contributed by atoms with van der Waals surface area (Å²) in [6.45, 7) is 4.27. The summed E-state index contributed by atoms with van der Waals surface area (Å²) in [7, 11) is 0. The maximum Gasteiger partial charge on any atom is 0.000902 e. The van der Waals surface area contributed by atoms with Crippen molar-refractivity contribution in [2.24, 2.45) is 0 Å². The second-order valence-corrected chi connectivity index (χ2v) is 4.38. The van der Waals surface area contributed by atoms with Crippen molar-refractivity contribution in [3.63, 3.8) is 0 Å². The molecule has 0 aliphatic rings. The zero-order valence-corrected chi connectivity index (χ0v) is 8.11. The van der Waals surface area contributed by atoms with Crippen molar-refractivity contribution < 1.29 is 0 Å². The molecule has 0 nitrogen and oxygen atoms in total. The Morgan fingerprint density at radius 3 is 2.58 bits per heavy atom. The Labute approximate surface area is 76.8 Å². The van der Waals surface area contributed by atoms with E-state index in [1.54, 1.807) is 0 Å². The van der Waals surface area contributed by atoms with E-state index in [0.29, 0.717) is 0 Å². The number of hydrogen-bond acceptors (Lipinski definition) is 1. The molecule has 12 heavy (non-hydrogen) atoms. The molecule has 62 valence electrons. The Morgan fingerprint density at radius 2 is 2.08 bits per heavy atom. The maximum atomic E-state index is 2.23. The molecule has 0 aliphatic carbocycles. The average Bonchev–Trinajstić information content (AvgIpc) is 2.58. The smallest absolute Gasteiger partial charge is 0.000902 e. The van der Waals surface area contributed by atoms with E-state index in [4.69, 9.17) is 0 Å². The van der Waals surface area contributed by atoms with Gasteiger partial charge in [0.05, 0.1) is 0 Å². The summed E-state index contributed by atoms with van der Waals surface area (Å²) in [6, 6.07) is 10.9. The normalized spacial score (nSPS) is 10.5. The summed E-state index contributed by atoms with van der Waals surface area (Å²) in [5.41, 5.74) is 2.70. The van der Waals surface area contributed by atoms with Crippen LogP contribution in [0.2, 0.25) is 0 Å². The molecule has 0 atom stereocenters. The monoisotopic (exact) mass is 175 g/mol. The van der Waals surface area contributed by atoms with E-state index in [-0.39, 0.29) is 0 Å². The molecule has 2 aromatic rings. The predicted molar refractivity (Wildman–Crippen MR) is 54.8 cm³/mol. The molecule has 0 radical (unpaired) electrons. The molecule has 0 unspecified atom stereocenters. The SMILES string of the molecule is Cc1ccc(-c2cc[c-](C)c2)s1. The van der Waals surface area contributed by atoms with Gasteiger partial charge in [-0.3, -0.25) is 0 Å². The summed E-state index contributed by atoms with van der Waals surface area (Å²) in [5.74, 6) is 0. The molecular weight excluding hydrogens is 164 g/mol. The standard InChI is InChI=1S/C11H11S/c1-8-3-5-10(7-8)11-6-4-9(2)12-11/h3-7H,1-2H3/q-1. The number of rotatable bonds is 1. The first kappa shape index (κ1) is 7.69. The molecule has 1 heteroatoms. The van der Waals surface area contributed by atoms with Gasteiger partial charge < -0.3 is 0 Å². The van der Waals surface area contributed by atoms with Crippen molar-refractivity contribution in [3.8, 4) is 10.4 Å². The zero-order valence-electron chi connectivity index (χ0n) is 7.29. The highest BCUT2D eigenvalue weighted by Crippen LogP contribution is 2.28. The van der Waals surface area contributed by atoms with Crippen molar-refractivity contribution in [2.75, 3.05) is 0 Å². The summed E-state index contributed by atoms with van der Waals surface area (Å²) in [6.07, 6.45) is 0. The zero-order chi connectivity index (χ0) is 8.55. The highest BCUT2D eigenvalue weighted by atomic mass is 32.1. The predicted octanol–water partition coefficient (Wildman–Crippen LogP) is 3.75. The number of thiophene rings is 1. The molecule has 0 bridgehead atoms. The van der Waals surface area contributed by atoms with Gasteiger partial charge in [0.2, 0.25) is 0 Å². The first-order valence-corrected chi connectivity index (χ1v) is 4.87. The Morgan fingerprint density at radius 1 is 1.25 bits per heavy atom. The van der Waals surface area contributed by atoms with Gasteiger partial charge in [0.15, 0.2) is 0 Å². The van der Waals surface area contributed by atoms with Gasteiger partial charge in [0, 0.05) is 4.88 Å². The maximum absolute atomic E-state index is 2.23. The van der Waals surface area contributed by atoms with Gasteiger partial charge in [-0.2, -0.15) is 34.6 Å². The van der Waals surface area contributed by atoms with Gasteiger partial charge in [-0.1, -0.05) is 13.0 Å². The van der Waals surface area contributed by atoms with Gasteiger partial charge in [0.25, 0.3) is 0 Å². The third-order valence-electron chi connectivity index (χ3n) is 1.93. The number of hydrogen-bond donors (Lipinski definition) is 0. The fourth-order valence-electron chi connectivity index (χ4n) is 1.31. The minimum absolute atomic E-state index is 1.34. The van der Waals surface area contributed by atoms with Crippen LogP contribution in [0.1, 0.15) is 10.4 Å². The van der Waals surface area contributed by atoms with Gasteiger partial charge in [-0.25, -0.2) is 6.07 Å². The lowest BCUT2D eigenvalue weighted by atomic mass is 10.2. The molecule has 2 rings (SSSR count). The Hall–Kier alpha value is -0.950. The average molecular weight is 175 g/mol. The van der Waals surface area contributed by atoms with Crippen molar-refractivity contribution >= 4 is 11.3 Å². The third-order valence-corrected chi connectivity index (χ3v) is 2.98. The lowest BCUT2D eigenvalue weighted by molar-refractivity contribution is 1.55. The lowest BCUT2D eigenvalue weighted by Gasteiger charge is -1.97. The Bertz CT molecular complexity index is 341. The van der Waals surface area contributed by atoms with E-state index in [1.165, 1.54) is 20.9 Å². The molecule has 0 amide bonds. The first-order chi connectivity index (χ1) is 5.75. The summed E-state index contributed by atoms with van der Waals surface area (Å²) in [4.78, 5) is 2.75. The summed E-state index contributed by atoms with van der Waals surface area (Å²) in [5, 5.41) is 0. The van der Waals surface area contributed by atoms with E-state index in [1.807, 2.05) is 11.3 Å². The summed E-state index contributed by atoms with van der Waals surface area (Å²) < 4.78 is 0. The van der Waals surface area contributed by atoms with Crippen molar-refractivity contribution in [3.05, 3.63) is 40.8 Å². The van der Waals surface area contributed by atoms with E-state index in [9.17, 15) is 0 Å². The summed E-state index contributed by atoms with van der Waals surface area (Å²) >= 11 is 1.85. The molecule has 0 N–H and O–H groups in total. The molecule has 1 heterocycles. The van der Waals surface area contributed by atoms with Crippen LogP contribution in [0.4, 0.5) is 0 Å². The minimum Gasteiger partial charge on any atom is -0.205 e. The van der Waals surface area contributed by atoms with Gasteiger partial charge >= 0.3 is 0 Å². The fraction of sp³-hybridized carbons (Fsp3) is 0.182. The molecule has 0 saturated carbocycles. The van der Waals surface area contributed by atoms with E-state index >= 15 is 0 Å². The molecular formula is C11H11S-. The van der Waals surface area contributed by atoms with Crippen molar-refractivity contribution in [1.29, 1.82) is 0 Å². The van der Waals surface area contributed by atoms with E-state index < -0.39 is 0 Å². The van der Waals surface area contributed by atoms with E-state index in [2.05, 4.69) is 44.2 Å². The van der Waals surface area contributed by atoms with Gasteiger partial charge in [-0.15, -0.1) is 0 Å². The highest BCUT2D eigenvalue weighted by Gasteiger charge is 1.93. The second-order valence-electron chi connectivity index (χ2n) is 3.09. The molecule has 0 fully saturated rings.